The molecule has 2 heterocycles. The highest BCUT2D eigenvalue weighted by atomic mass is 16.4. The second kappa shape index (κ2) is 3.51. The molecule has 0 amide bonds. The minimum atomic E-state index is -1.02. The Kier molecular flexibility index (Phi) is 2.53. The van der Waals surface area contributed by atoms with Crippen LogP contribution in [0, 0.1) is 0 Å². The van der Waals surface area contributed by atoms with Gasteiger partial charge in [-0.3, -0.25) is 10.2 Å². The minimum Gasteiger partial charge on any atom is -0.389 e. The number of nitrogens with one attached hydrogen (secondary N) is 1. The third-order valence-electron chi connectivity index (χ3n) is 2.86. The van der Waals surface area contributed by atoms with Gasteiger partial charge in [-0.25, -0.2) is 0 Å². The molecule has 4 N–H and O–H groups in total. The van der Waals surface area contributed by atoms with Gasteiger partial charge in [-0.15, -0.1) is 0 Å². The average Bonchev–Trinajstić information content (AvgIpc) is 2.15. The number of rotatable bonds is 0. The van der Waals surface area contributed by atoms with Gasteiger partial charge in [0, 0.05) is 13.1 Å². The minimum absolute atomic E-state index is 0.188. The summed E-state index contributed by atoms with van der Waals surface area (Å²) in [7, 11) is 0. The van der Waals surface area contributed by atoms with Crippen LogP contribution in [0.2, 0.25) is 0 Å². The van der Waals surface area contributed by atoms with Gasteiger partial charge in [0.05, 0.1) is 12.3 Å². The zero-order chi connectivity index (χ0) is 9.42. The molecule has 0 aromatic carbocycles. The molecule has 5 heteroatoms. The van der Waals surface area contributed by atoms with Crippen LogP contribution < -0.4 is 5.32 Å². The van der Waals surface area contributed by atoms with E-state index in [1.807, 2.05) is 4.90 Å². The smallest absolute Gasteiger partial charge is 0.111 e. The topological polar surface area (TPSA) is 76.0 Å². The maximum atomic E-state index is 9.63. The van der Waals surface area contributed by atoms with E-state index >= 15 is 0 Å². The van der Waals surface area contributed by atoms with Gasteiger partial charge in [-0.1, -0.05) is 0 Å². The lowest BCUT2D eigenvalue weighted by Crippen LogP contribution is -2.68. The van der Waals surface area contributed by atoms with Crippen LogP contribution in [-0.4, -0.2) is 64.3 Å². The molecule has 13 heavy (non-hydrogen) atoms. The normalized spacial score (nSPS) is 47.3. The fourth-order valence-electron chi connectivity index (χ4n) is 2.10. The van der Waals surface area contributed by atoms with Crippen molar-refractivity contribution in [3.05, 3.63) is 0 Å². The first-order valence-corrected chi connectivity index (χ1v) is 4.72. The molecule has 0 saturated carbocycles. The van der Waals surface area contributed by atoms with Gasteiger partial charge in [0.1, 0.15) is 12.2 Å². The van der Waals surface area contributed by atoms with Crippen LogP contribution >= 0.6 is 0 Å². The molecule has 0 bridgehead atoms. The summed E-state index contributed by atoms with van der Waals surface area (Å²) >= 11 is 0. The van der Waals surface area contributed by atoms with Crippen molar-refractivity contribution in [2.24, 2.45) is 0 Å². The standard InChI is InChI=1S/C8H16N2O3/c11-5-4-10-3-1-2-9-8(10)7(13)6(5)12/h5-9,11-13H,1-4H2/t5-,6-,7+,8+/m1/s1. The molecule has 0 aromatic heterocycles. The van der Waals surface area contributed by atoms with Crippen LogP contribution in [-0.2, 0) is 0 Å². The number of aliphatic hydroxyl groups is 3. The first-order chi connectivity index (χ1) is 6.20. The summed E-state index contributed by atoms with van der Waals surface area (Å²) in [5.41, 5.74) is 0. The zero-order valence-corrected chi connectivity index (χ0v) is 7.43. The number of piperidine rings is 1. The summed E-state index contributed by atoms with van der Waals surface area (Å²) in [5, 5.41) is 31.6. The van der Waals surface area contributed by atoms with Crippen molar-refractivity contribution >= 4 is 0 Å². The Morgan fingerprint density at radius 1 is 1.15 bits per heavy atom. The molecule has 2 aliphatic rings. The summed E-state index contributed by atoms with van der Waals surface area (Å²) in [6.45, 7) is 2.18. The lowest BCUT2D eigenvalue weighted by atomic mass is 9.97. The Hall–Kier alpha value is -0.200. The molecular weight excluding hydrogens is 172 g/mol. The Morgan fingerprint density at radius 3 is 2.69 bits per heavy atom. The van der Waals surface area contributed by atoms with Crippen LogP contribution in [0.3, 0.4) is 0 Å². The van der Waals surface area contributed by atoms with Gasteiger partial charge in [0.15, 0.2) is 0 Å². The molecule has 0 aromatic rings. The van der Waals surface area contributed by atoms with Gasteiger partial charge >= 0.3 is 0 Å². The van der Waals surface area contributed by atoms with E-state index in [2.05, 4.69) is 5.32 Å². The molecule has 5 nitrogen and oxygen atoms in total. The van der Waals surface area contributed by atoms with Crippen LogP contribution in [0.1, 0.15) is 6.42 Å². The Balaban J connectivity index is 2.08. The van der Waals surface area contributed by atoms with Gasteiger partial charge in [-0.05, 0) is 13.0 Å². The first-order valence-electron chi connectivity index (χ1n) is 4.72. The number of nitrogens with zero attached hydrogens (tertiary/aromatic N) is 1. The van der Waals surface area contributed by atoms with Crippen LogP contribution in [0.15, 0.2) is 0 Å². The summed E-state index contributed by atoms with van der Waals surface area (Å²) < 4.78 is 0. The number of fused-ring (bicyclic) bond motifs is 1. The largest absolute Gasteiger partial charge is 0.389 e. The molecule has 2 aliphatic heterocycles. The van der Waals surface area contributed by atoms with Crippen molar-refractivity contribution in [1.82, 2.24) is 10.2 Å². The molecular formula is C8H16N2O3. The van der Waals surface area contributed by atoms with Crippen molar-refractivity contribution in [2.75, 3.05) is 19.6 Å². The molecule has 76 valence electrons. The van der Waals surface area contributed by atoms with E-state index in [4.69, 9.17) is 0 Å². The van der Waals surface area contributed by atoms with Crippen LogP contribution in [0.4, 0.5) is 0 Å². The molecule has 2 saturated heterocycles. The monoisotopic (exact) mass is 188 g/mol. The molecule has 2 fully saturated rings. The predicted molar refractivity (Wildman–Crippen MR) is 46.0 cm³/mol. The van der Waals surface area contributed by atoms with E-state index in [1.54, 1.807) is 0 Å². The molecule has 0 radical (unpaired) electrons. The lowest BCUT2D eigenvalue weighted by molar-refractivity contribution is -0.149. The Bertz CT molecular complexity index is 188. The summed E-state index contributed by atoms with van der Waals surface area (Å²) in [6, 6.07) is 0. The van der Waals surface area contributed by atoms with Gasteiger partial charge in [0.25, 0.3) is 0 Å². The number of aliphatic hydroxyl groups excluding tert-OH is 3. The van der Waals surface area contributed by atoms with E-state index < -0.39 is 18.3 Å². The SMILES string of the molecule is O[C@H]1[C@H](O)[C@H]2NCCCN2C[C@H]1O. The fourth-order valence-corrected chi connectivity index (χ4v) is 2.10. The van der Waals surface area contributed by atoms with E-state index in [0.29, 0.717) is 6.54 Å². The number of hydrogen-bond donors (Lipinski definition) is 4. The molecule has 0 unspecified atom stereocenters. The average molecular weight is 188 g/mol. The maximum Gasteiger partial charge on any atom is 0.111 e. The fraction of sp³-hybridized carbons (Fsp3) is 1.00. The van der Waals surface area contributed by atoms with E-state index in [-0.39, 0.29) is 6.17 Å². The predicted octanol–water partition coefficient (Wildman–Crippen LogP) is -2.30. The summed E-state index contributed by atoms with van der Waals surface area (Å²) in [5.74, 6) is 0. The molecule has 4 atom stereocenters. The second-order valence-corrected chi connectivity index (χ2v) is 3.80. The van der Waals surface area contributed by atoms with Crippen molar-refractivity contribution < 1.29 is 15.3 Å². The highest BCUT2D eigenvalue weighted by molar-refractivity contribution is 4.94. The van der Waals surface area contributed by atoms with Crippen molar-refractivity contribution in [2.45, 2.75) is 30.9 Å². The zero-order valence-electron chi connectivity index (χ0n) is 7.43. The molecule has 0 aliphatic carbocycles. The first kappa shape index (κ1) is 9.36. The third kappa shape index (κ3) is 1.58. The van der Waals surface area contributed by atoms with E-state index in [9.17, 15) is 15.3 Å². The van der Waals surface area contributed by atoms with Gasteiger partial charge < -0.3 is 15.3 Å². The Morgan fingerprint density at radius 2 is 1.92 bits per heavy atom. The van der Waals surface area contributed by atoms with Crippen molar-refractivity contribution in [3.63, 3.8) is 0 Å². The maximum absolute atomic E-state index is 9.63. The highest BCUT2D eigenvalue weighted by Crippen LogP contribution is 2.19. The number of hydrogen-bond acceptors (Lipinski definition) is 5. The van der Waals surface area contributed by atoms with Gasteiger partial charge in [0.2, 0.25) is 0 Å². The second-order valence-electron chi connectivity index (χ2n) is 3.80. The van der Waals surface area contributed by atoms with Crippen LogP contribution in [0.25, 0.3) is 0 Å². The van der Waals surface area contributed by atoms with Crippen molar-refractivity contribution in [1.29, 1.82) is 0 Å². The highest BCUT2D eigenvalue weighted by Gasteiger charge is 2.41. The Labute approximate surface area is 77.0 Å². The van der Waals surface area contributed by atoms with Crippen LogP contribution in [0.5, 0.6) is 0 Å². The molecule has 2 rings (SSSR count). The molecule has 0 spiro atoms. The van der Waals surface area contributed by atoms with E-state index in [1.165, 1.54) is 0 Å². The van der Waals surface area contributed by atoms with E-state index in [0.717, 1.165) is 19.5 Å². The lowest BCUT2D eigenvalue weighted by Gasteiger charge is -2.46. The van der Waals surface area contributed by atoms with Crippen molar-refractivity contribution in [3.8, 4) is 0 Å². The third-order valence-corrected chi connectivity index (χ3v) is 2.86. The van der Waals surface area contributed by atoms with Gasteiger partial charge in [-0.2, -0.15) is 0 Å². The quantitative estimate of drug-likeness (QED) is 0.344. The summed E-state index contributed by atoms with van der Waals surface area (Å²) in [4.78, 5) is 1.98. The summed E-state index contributed by atoms with van der Waals surface area (Å²) in [6.07, 6.45) is -1.90.